The van der Waals surface area contributed by atoms with Crippen molar-refractivity contribution >= 4 is 54.8 Å². The Balaban J connectivity index is 0.00000342. The monoisotopic (exact) mass is 541 g/mol. The van der Waals surface area contributed by atoms with Gasteiger partial charge in [0, 0.05) is 44.1 Å². The number of benzene rings is 2. The number of rotatable bonds is 8. The Hall–Kier alpha value is -2.44. The van der Waals surface area contributed by atoms with E-state index in [1.165, 1.54) is 31.6 Å². The van der Waals surface area contributed by atoms with Crippen LogP contribution in [0.25, 0.3) is 10.2 Å². The van der Waals surface area contributed by atoms with Crippen LogP contribution < -0.4 is 14.4 Å². The first-order valence-electron chi connectivity index (χ1n) is 10.7. The molecule has 1 amide bonds. The number of aromatic nitrogens is 1. The van der Waals surface area contributed by atoms with E-state index in [9.17, 15) is 13.2 Å². The number of sulfone groups is 1. The Morgan fingerprint density at radius 1 is 1.14 bits per heavy atom. The predicted octanol–water partition coefficient (Wildman–Crippen LogP) is 3.12. The molecule has 0 N–H and O–H groups in total. The highest BCUT2D eigenvalue weighted by molar-refractivity contribution is 7.91. The Bertz CT molecular complexity index is 1270. The molecule has 3 aromatic rings. The summed E-state index contributed by atoms with van der Waals surface area (Å²) >= 11 is 1.29. The summed E-state index contributed by atoms with van der Waals surface area (Å²) in [7, 11) is -0.422. The number of para-hydroxylation sites is 1. The molecule has 1 fully saturated rings. The summed E-state index contributed by atoms with van der Waals surface area (Å²) in [6.07, 6.45) is 1.16. The van der Waals surface area contributed by atoms with E-state index in [1.54, 1.807) is 29.2 Å². The minimum Gasteiger partial charge on any atom is -0.497 e. The molecule has 1 aliphatic rings. The number of carbonyl (C=O) groups is 1. The molecular weight excluding hydrogens is 514 g/mol. The third-order valence-corrected chi connectivity index (χ3v) is 7.76. The molecule has 0 bridgehead atoms. The van der Waals surface area contributed by atoms with Crippen molar-refractivity contribution in [2.24, 2.45) is 0 Å². The lowest BCUT2D eigenvalue weighted by Crippen LogP contribution is -2.43. The zero-order valence-electron chi connectivity index (χ0n) is 19.7. The summed E-state index contributed by atoms with van der Waals surface area (Å²) in [6.45, 7) is 3.89. The molecule has 0 unspecified atom stereocenters. The average molecular weight is 542 g/mol. The average Bonchev–Trinajstić information content (AvgIpc) is 3.27. The van der Waals surface area contributed by atoms with Gasteiger partial charge in [-0.15, -0.1) is 12.4 Å². The second-order valence-corrected chi connectivity index (χ2v) is 10.9. The van der Waals surface area contributed by atoms with Gasteiger partial charge in [0.1, 0.15) is 17.0 Å². The van der Waals surface area contributed by atoms with Gasteiger partial charge in [-0.2, -0.15) is 0 Å². The van der Waals surface area contributed by atoms with Gasteiger partial charge in [-0.05, 0) is 24.3 Å². The van der Waals surface area contributed by atoms with Gasteiger partial charge in [0.15, 0.2) is 15.0 Å². The minimum atomic E-state index is -3.48. The van der Waals surface area contributed by atoms with Crippen molar-refractivity contribution in [3.05, 3.63) is 42.0 Å². The Labute approximate surface area is 214 Å². The van der Waals surface area contributed by atoms with Crippen LogP contribution in [0, 0.1) is 0 Å². The quantitative estimate of drug-likeness (QED) is 0.429. The van der Waals surface area contributed by atoms with Gasteiger partial charge in [-0.25, -0.2) is 13.4 Å². The van der Waals surface area contributed by atoms with Crippen LogP contribution >= 0.6 is 23.7 Å². The number of methoxy groups -OCH3 is 2. The highest BCUT2D eigenvalue weighted by atomic mass is 35.5. The first-order chi connectivity index (χ1) is 16.3. The molecule has 0 aliphatic carbocycles. The molecule has 12 heteroatoms. The Morgan fingerprint density at radius 2 is 1.80 bits per heavy atom. The minimum absolute atomic E-state index is 0. The smallest absolute Gasteiger partial charge is 0.260 e. The summed E-state index contributed by atoms with van der Waals surface area (Å²) < 4.78 is 41.4. The van der Waals surface area contributed by atoms with Crippen molar-refractivity contribution in [2.45, 2.75) is 4.90 Å². The van der Waals surface area contributed by atoms with Gasteiger partial charge in [-0.1, -0.05) is 17.4 Å². The fourth-order valence-corrected chi connectivity index (χ4v) is 5.68. The number of anilines is 1. The molecule has 9 nitrogen and oxygen atoms in total. The van der Waals surface area contributed by atoms with E-state index in [-0.39, 0.29) is 23.2 Å². The van der Waals surface area contributed by atoms with Crippen molar-refractivity contribution in [3.8, 4) is 11.5 Å². The van der Waals surface area contributed by atoms with Crippen LogP contribution in [0.5, 0.6) is 11.5 Å². The van der Waals surface area contributed by atoms with Crippen LogP contribution in [0.4, 0.5) is 5.13 Å². The second kappa shape index (κ2) is 11.5. The Morgan fingerprint density at radius 3 is 2.40 bits per heavy atom. The highest BCUT2D eigenvalue weighted by Crippen LogP contribution is 2.34. The molecule has 4 rings (SSSR count). The predicted molar refractivity (Wildman–Crippen MR) is 138 cm³/mol. The molecule has 2 heterocycles. The molecule has 35 heavy (non-hydrogen) atoms. The first kappa shape index (κ1) is 27.2. The maximum absolute atomic E-state index is 13.7. The van der Waals surface area contributed by atoms with Gasteiger partial charge < -0.3 is 14.2 Å². The number of hydrogen-bond donors (Lipinski definition) is 0. The van der Waals surface area contributed by atoms with E-state index < -0.39 is 9.84 Å². The van der Waals surface area contributed by atoms with Crippen molar-refractivity contribution in [1.29, 1.82) is 0 Å². The molecule has 2 aromatic carbocycles. The molecule has 0 atom stereocenters. The first-order valence-corrected chi connectivity index (χ1v) is 13.5. The SMILES string of the molecule is COc1cc(OC)cc(C(=O)N(CCN2CCOCC2)c2nc3c(S(C)(=O)=O)cccc3s2)c1.Cl. The number of hydrogen-bond acceptors (Lipinski definition) is 9. The van der Waals surface area contributed by atoms with Gasteiger partial charge in [0.05, 0.1) is 37.0 Å². The van der Waals surface area contributed by atoms with Crippen LogP contribution in [0.2, 0.25) is 0 Å². The molecule has 1 aliphatic heterocycles. The lowest BCUT2D eigenvalue weighted by molar-refractivity contribution is 0.0391. The molecule has 1 saturated heterocycles. The van der Waals surface area contributed by atoms with Crippen molar-refractivity contribution in [3.63, 3.8) is 0 Å². The fourth-order valence-electron chi connectivity index (χ4n) is 3.76. The summed E-state index contributed by atoms with van der Waals surface area (Å²) in [5.74, 6) is 0.726. The van der Waals surface area contributed by atoms with Crippen LogP contribution in [0.3, 0.4) is 0 Å². The fraction of sp³-hybridized carbons (Fsp3) is 0.391. The number of fused-ring (bicyclic) bond motifs is 1. The zero-order valence-corrected chi connectivity index (χ0v) is 22.2. The topological polar surface area (TPSA) is 98.3 Å². The molecular formula is C23H28ClN3O6S2. The second-order valence-electron chi connectivity index (χ2n) is 7.88. The highest BCUT2D eigenvalue weighted by Gasteiger charge is 2.25. The van der Waals surface area contributed by atoms with Crippen LogP contribution in [0.1, 0.15) is 10.4 Å². The Kier molecular flexibility index (Phi) is 8.94. The van der Waals surface area contributed by atoms with Gasteiger partial charge in [0.2, 0.25) is 0 Å². The zero-order chi connectivity index (χ0) is 24.3. The maximum Gasteiger partial charge on any atom is 0.260 e. The number of ether oxygens (including phenoxy) is 3. The number of nitrogens with zero attached hydrogens (tertiary/aromatic N) is 3. The number of thiazole rings is 1. The maximum atomic E-state index is 13.7. The number of carbonyl (C=O) groups excluding carboxylic acids is 1. The molecule has 0 spiro atoms. The summed E-state index contributed by atoms with van der Waals surface area (Å²) in [5, 5.41) is 0.436. The molecule has 190 valence electrons. The van der Waals surface area contributed by atoms with Crippen molar-refractivity contribution in [2.75, 3.05) is 64.8 Å². The molecule has 0 saturated carbocycles. The molecule has 1 aromatic heterocycles. The van der Waals surface area contributed by atoms with E-state index >= 15 is 0 Å². The van der Waals surface area contributed by atoms with Gasteiger partial charge in [0.25, 0.3) is 5.91 Å². The van der Waals surface area contributed by atoms with Crippen molar-refractivity contribution in [1.82, 2.24) is 9.88 Å². The lowest BCUT2D eigenvalue weighted by Gasteiger charge is -2.29. The number of morpholine rings is 1. The summed E-state index contributed by atoms with van der Waals surface area (Å²) in [4.78, 5) is 22.3. The van der Waals surface area contributed by atoms with E-state index in [2.05, 4.69) is 9.88 Å². The van der Waals surface area contributed by atoms with E-state index in [4.69, 9.17) is 14.2 Å². The number of amides is 1. The van der Waals surface area contributed by atoms with Crippen LogP contribution in [0.15, 0.2) is 41.3 Å². The largest absolute Gasteiger partial charge is 0.497 e. The van der Waals surface area contributed by atoms with E-state index in [0.717, 1.165) is 19.3 Å². The van der Waals surface area contributed by atoms with Gasteiger partial charge >= 0.3 is 0 Å². The van der Waals surface area contributed by atoms with Crippen LogP contribution in [-0.2, 0) is 14.6 Å². The van der Waals surface area contributed by atoms with Crippen molar-refractivity contribution < 1.29 is 27.4 Å². The summed E-state index contributed by atoms with van der Waals surface area (Å²) in [6, 6.07) is 10.0. The lowest BCUT2D eigenvalue weighted by atomic mass is 10.1. The summed E-state index contributed by atoms with van der Waals surface area (Å²) in [5.41, 5.74) is 0.762. The van der Waals surface area contributed by atoms with E-state index in [1.807, 2.05) is 6.07 Å². The molecule has 0 radical (unpaired) electrons. The standard InChI is InChI=1S/C23H27N3O6S2.ClH/c1-30-17-13-16(14-18(15-17)31-2)22(27)26(8-7-25-9-11-32-12-10-25)23-24-21-19(33-23)5-4-6-20(21)34(3,28)29;/h4-6,13-15H,7-12H2,1-3H3;1H. The van der Waals surface area contributed by atoms with Gasteiger partial charge in [-0.3, -0.25) is 14.6 Å². The third kappa shape index (κ3) is 6.22. The normalized spacial score (nSPS) is 14.4. The van der Waals surface area contributed by atoms with E-state index in [0.29, 0.717) is 58.7 Å². The van der Waals surface area contributed by atoms with Crippen LogP contribution in [-0.4, -0.2) is 84.1 Å². The number of halogens is 1. The third-order valence-electron chi connectivity index (χ3n) is 5.59.